The predicted octanol–water partition coefficient (Wildman–Crippen LogP) is 2.39. The van der Waals surface area contributed by atoms with E-state index in [1.54, 1.807) is 0 Å². The number of hydrogen-bond donors (Lipinski definition) is 0. The van der Waals surface area contributed by atoms with E-state index in [2.05, 4.69) is 34.0 Å². The lowest BCUT2D eigenvalue weighted by Gasteiger charge is -1.79. The van der Waals surface area contributed by atoms with Crippen molar-refractivity contribution < 1.29 is 4.20 Å². The Bertz CT molecular complexity index is 141. The summed E-state index contributed by atoms with van der Waals surface area (Å²) in [6.45, 7) is 0. The van der Waals surface area contributed by atoms with Gasteiger partial charge in [0.05, 0.1) is 10.3 Å². The van der Waals surface area contributed by atoms with Gasteiger partial charge in [0.1, 0.15) is 0 Å². The maximum Gasteiger partial charge on any atom is 0.350 e. The maximum atomic E-state index is 11.9. The molecular formula is C2FN2PS2. The predicted molar refractivity (Wildman–Crippen MR) is 38.1 cm³/mol. The zero-order valence-electron chi connectivity index (χ0n) is 3.54. The molecule has 0 aromatic heterocycles. The maximum absolute atomic E-state index is 11.9. The normalized spacial score (nSPS) is 10.6. The first kappa shape index (κ1) is 7.96. The Morgan fingerprint density at radius 1 is 1.25 bits per heavy atom. The minimum Gasteiger partial charge on any atom is -0.170 e. The summed E-state index contributed by atoms with van der Waals surface area (Å²) in [5.41, 5.74) is 0. The molecule has 0 aliphatic heterocycles. The molecule has 0 aliphatic rings. The van der Waals surface area contributed by atoms with Crippen LogP contribution >= 0.6 is 33.0 Å². The Morgan fingerprint density at radius 2 is 1.62 bits per heavy atom. The summed E-state index contributed by atoms with van der Waals surface area (Å²) in [7, 11) is -2.26. The van der Waals surface area contributed by atoms with E-state index < -0.39 is 8.53 Å². The molecule has 2 nitrogen and oxygen atoms in total. The van der Waals surface area contributed by atoms with Crippen molar-refractivity contribution in [1.29, 1.82) is 0 Å². The highest BCUT2D eigenvalue weighted by molar-refractivity contribution is 7.79. The van der Waals surface area contributed by atoms with Crippen LogP contribution in [0.25, 0.3) is 0 Å². The number of halogens is 1. The minimum atomic E-state index is -2.26. The van der Waals surface area contributed by atoms with Gasteiger partial charge in [0, 0.05) is 0 Å². The Kier molecular flexibility index (Phi) is 5.08. The van der Waals surface area contributed by atoms with Gasteiger partial charge in [-0.3, -0.25) is 0 Å². The van der Waals surface area contributed by atoms with Gasteiger partial charge in [-0.15, -0.1) is 0 Å². The molecule has 0 aliphatic carbocycles. The van der Waals surface area contributed by atoms with Gasteiger partial charge in [-0.05, 0) is 24.4 Å². The molecule has 0 unspecified atom stereocenters. The highest BCUT2D eigenvalue weighted by Gasteiger charge is 1.95. The van der Waals surface area contributed by atoms with Crippen molar-refractivity contribution in [3.8, 4) is 0 Å². The Balaban J connectivity index is 3.82. The molecule has 0 aromatic carbocycles. The molecule has 0 amide bonds. The third-order valence-electron chi connectivity index (χ3n) is 0.247. The second-order valence-electron chi connectivity index (χ2n) is 0.623. The van der Waals surface area contributed by atoms with Crippen LogP contribution in [0, 0.1) is 0 Å². The fourth-order valence-corrected chi connectivity index (χ4v) is 0.673. The van der Waals surface area contributed by atoms with E-state index in [9.17, 15) is 4.20 Å². The summed E-state index contributed by atoms with van der Waals surface area (Å²) in [4.78, 5) is 0. The molecule has 0 fully saturated rings. The number of nitrogens with zero attached hydrogens (tertiary/aromatic N) is 2. The van der Waals surface area contributed by atoms with Crippen molar-refractivity contribution in [2.24, 2.45) is 9.53 Å². The summed E-state index contributed by atoms with van der Waals surface area (Å²) in [6.07, 6.45) is 0. The van der Waals surface area contributed by atoms with Crippen LogP contribution in [0.3, 0.4) is 0 Å². The van der Waals surface area contributed by atoms with E-state index in [0.717, 1.165) is 0 Å². The fourth-order valence-electron chi connectivity index (χ4n) is 0.0897. The molecule has 0 N–H and O–H groups in total. The first-order valence-corrected chi connectivity index (χ1v) is 3.38. The molecule has 8 heavy (non-hydrogen) atoms. The van der Waals surface area contributed by atoms with E-state index in [4.69, 9.17) is 0 Å². The van der Waals surface area contributed by atoms with Crippen molar-refractivity contribution in [2.75, 3.05) is 0 Å². The lowest BCUT2D eigenvalue weighted by Crippen LogP contribution is -1.46. The van der Waals surface area contributed by atoms with Crippen LogP contribution < -0.4 is 0 Å². The van der Waals surface area contributed by atoms with Crippen molar-refractivity contribution in [3.05, 3.63) is 0 Å². The summed E-state index contributed by atoms with van der Waals surface area (Å²) < 4.78 is 17.8. The second-order valence-corrected chi connectivity index (χ2v) is 1.87. The molecule has 0 radical (unpaired) electrons. The van der Waals surface area contributed by atoms with Crippen LogP contribution in [-0.2, 0) is 0 Å². The lowest BCUT2D eigenvalue weighted by atomic mass is 11.8. The highest BCUT2D eigenvalue weighted by Crippen LogP contribution is 2.38. The van der Waals surface area contributed by atoms with Crippen LogP contribution in [0.5, 0.6) is 0 Å². The van der Waals surface area contributed by atoms with Gasteiger partial charge in [0.15, 0.2) is 0 Å². The lowest BCUT2D eigenvalue weighted by molar-refractivity contribution is 0.892. The number of thiocarbonyl (C=S) groups is 2. The third-order valence-corrected chi connectivity index (χ3v) is 1.23. The Labute approximate surface area is 57.5 Å². The molecule has 42 valence electrons. The highest BCUT2D eigenvalue weighted by atomic mass is 32.1. The van der Waals surface area contributed by atoms with E-state index in [1.165, 1.54) is 0 Å². The molecule has 6 heteroatoms. The third kappa shape index (κ3) is 4.13. The van der Waals surface area contributed by atoms with E-state index in [0.29, 0.717) is 0 Å². The van der Waals surface area contributed by atoms with E-state index >= 15 is 0 Å². The number of hydrogen-bond acceptors (Lipinski definition) is 4. The van der Waals surface area contributed by atoms with E-state index in [-0.39, 0.29) is 0 Å². The Hall–Kier alpha value is -0.0400. The summed E-state index contributed by atoms with van der Waals surface area (Å²) in [6, 6.07) is 0. The van der Waals surface area contributed by atoms with Crippen molar-refractivity contribution in [1.82, 2.24) is 0 Å². The van der Waals surface area contributed by atoms with Crippen LogP contribution in [0.15, 0.2) is 9.53 Å². The van der Waals surface area contributed by atoms with Gasteiger partial charge in [0.25, 0.3) is 0 Å². The van der Waals surface area contributed by atoms with Crippen LogP contribution in [0.2, 0.25) is 0 Å². The van der Waals surface area contributed by atoms with Crippen molar-refractivity contribution in [2.45, 2.75) is 0 Å². The average molecular weight is 166 g/mol. The van der Waals surface area contributed by atoms with Gasteiger partial charge in [-0.25, -0.2) is 0 Å². The quantitative estimate of drug-likeness (QED) is 0.357. The molecule has 0 spiro atoms. The van der Waals surface area contributed by atoms with Crippen molar-refractivity contribution in [3.63, 3.8) is 0 Å². The van der Waals surface area contributed by atoms with Crippen molar-refractivity contribution >= 4 is 43.3 Å². The zero-order chi connectivity index (χ0) is 6.41. The van der Waals surface area contributed by atoms with Gasteiger partial charge in [-0.2, -0.15) is 13.7 Å². The molecule has 0 bridgehead atoms. The monoisotopic (exact) mass is 166 g/mol. The van der Waals surface area contributed by atoms with Gasteiger partial charge in [-0.1, -0.05) is 0 Å². The molecule has 0 saturated carbocycles. The summed E-state index contributed by atoms with van der Waals surface area (Å²) in [5, 5.41) is 3.67. The molecule has 0 aromatic rings. The zero-order valence-corrected chi connectivity index (χ0v) is 6.06. The number of rotatable bonds is 2. The molecule has 0 atom stereocenters. The summed E-state index contributed by atoms with van der Waals surface area (Å²) >= 11 is 8.16. The van der Waals surface area contributed by atoms with Gasteiger partial charge < -0.3 is 0 Å². The molecule has 0 saturated heterocycles. The largest absolute Gasteiger partial charge is 0.350 e. The average Bonchev–Trinajstić information content (AvgIpc) is 1.68. The first-order chi connectivity index (χ1) is 3.81. The molecule has 0 heterocycles. The second kappa shape index (κ2) is 5.10. The van der Waals surface area contributed by atoms with Crippen LogP contribution in [-0.4, -0.2) is 10.3 Å². The number of isothiocyanates is 2. The van der Waals surface area contributed by atoms with E-state index in [1.807, 2.05) is 10.3 Å². The van der Waals surface area contributed by atoms with Gasteiger partial charge >= 0.3 is 8.53 Å². The standard InChI is InChI=1S/C2FN2PS2/c3-6(4-1-7)5-2-8. The molecular weight excluding hydrogens is 166 g/mol. The smallest absolute Gasteiger partial charge is 0.170 e. The molecule has 0 rings (SSSR count). The Morgan fingerprint density at radius 3 is 1.88 bits per heavy atom. The fraction of sp³-hybridized carbons (Fsp3) is 0. The first-order valence-electron chi connectivity index (χ1n) is 1.42. The summed E-state index contributed by atoms with van der Waals surface area (Å²) in [5.74, 6) is 0. The van der Waals surface area contributed by atoms with Gasteiger partial charge in [0.2, 0.25) is 0 Å². The minimum absolute atomic E-state index is 1.83. The van der Waals surface area contributed by atoms with Crippen LogP contribution in [0.1, 0.15) is 0 Å². The SMILES string of the molecule is FP(N=C=S)N=C=S. The topological polar surface area (TPSA) is 24.7 Å². The van der Waals surface area contributed by atoms with Crippen LogP contribution in [0.4, 0.5) is 4.20 Å².